The third kappa shape index (κ3) is 6.46. The number of sulfonamides is 1. The number of carbonyl (C=O) groups excluding carboxylic acids is 1. The van der Waals surface area contributed by atoms with E-state index in [4.69, 9.17) is 4.74 Å². The number of hydrogen-bond donors (Lipinski definition) is 2. The standard InChI is InChI=1S/C29H36N4O4S/c1-21(2)29(34)30-24-10-15-27(28(20-24)38(35,36)31-22(3)23-8-6-5-7-9-23)33-18-16-32(17-19-33)25-11-13-26(37-4)14-12-25/h5-15,20-22,31H,16-19H2,1-4H3,(H,30,34). The highest BCUT2D eigenvalue weighted by Crippen LogP contribution is 2.32. The quantitative estimate of drug-likeness (QED) is 0.414. The van der Waals surface area contributed by atoms with Crippen LogP contribution in [-0.2, 0) is 14.8 Å². The molecular weight excluding hydrogens is 500 g/mol. The number of benzene rings is 3. The van der Waals surface area contributed by atoms with Crippen molar-refractivity contribution in [2.75, 3.05) is 48.4 Å². The molecule has 1 aliphatic rings. The second-order valence-electron chi connectivity index (χ2n) is 9.75. The lowest BCUT2D eigenvalue weighted by Crippen LogP contribution is -2.47. The Hall–Kier alpha value is -3.56. The monoisotopic (exact) mass is 536 g/mol. The highest BCUT2D eigenvalue weighted by molar-refractivity contribution is 7.89. The number of ether oxygens (including phenoxy) is 1. The first-order valence-electron chi connectivity index (χ1n) is 12.8. The van der Waals surface area contributed by atoms with Gasteiger partial charge in [0, 0.05) is 49.5 Å². The normalized spacial score (nSPS) is 14.9. The SMILES string of the molecule is COc1ccc(N2CCN(c3ccc(NC(=O)C(C)C)cc3S(=O)(=O)NC(C)c3ccccc3)CC2)cc1. The van der Waals surface area contributed by atoms with Crippen LogP contribution < -0.4 is 24.6 Å². The molecule has 1 unspecified atom stereocenters. The van der Waals surface area contributed by atoms with Gasteiger partial charge in [-0.25, -0.2) is 13.1 Å². The van der Waals surface area contributed by atoms with Crippen LogP contribution in [0, 0.1) is 5.92 Å². The van der Waals surface area contributed by atoms with E-state index in [1.807, 2.05) is 61.5 Å². The number of nitrogens with zero attached hydrogens (tertiary/aromatic N) is 2. The fraction of sp³-hybridized carbons (Fsp3) is 0.345. The fourth-order valence-corrected chi connectivity index (χ4v) is 5.94. The van der Waals surface area contributed by atoms with Gasteiger partial charge in [-0.1, -0.05) is 44.2 Å². The van der Waals surface area contributed by atoms with E-state index >= 15 is 0 Å². The molecule has 0 bridgehead atoms. The average Bonchev–Trinajstić information content (AvgIpc) is 2.93. The van der Waals surface area contributed by atoms with Gasteiger partial charge in [0.2, 0.25) is 15.9 Å². The van der Waals surface area contributed by atoms with Crippen LogP contribution >= 0.6 is 0 Å². The largest absolute Gasteiger partial charge is 0.497 e. The van der Waals surface area contributed by atoms with Crippen LogP contribution in [0.4, 0.5) is 17.1 Å². The van der Waals surface area contributed by atoms with E-state index in [2.05, 4.69) is 19.8 Å². The molecule has 1 heterocycles. The molecule has 0 aliphatic carbocycles. The summed E-state index contributed by atoms with van der Waals surface area (Å²) in [5.41, 5.74) is 3.05. The van der Waals surface area contributed by atoms with E-state index in [0.29, 0.717) is 24.5 Å². The number of methoxy groups -OCH3 is 1. The molecule has 1 saturated heterocycles. The van der Waals surface area contributed by atoms with Crippen molar-refractivity contribution in [2.24, 2.45) is 5.92 Å². The molecule has 8 nitrogen and oxygen atoms in total. The lowest BCUT2D eigenvalue weighted by Gasteiger charge is -2.38. The van der Waals surface area contributed by atoms with E-state index in [9.17, 15) is 13.2 Å². The molecule has 3 aromatic rings. The molecule has 1 aliphatic heterocycles. The highest BCUT2D eigenvalue weighted by Gasteiger charge is 2.27. The Morgan fingerprint density at radius 3 is 2.11 bits per heavy atom. The molecule has 3 aromatic carbocycles. The van der Waals surface area contributed by atoms with Crippen molar-refractivity contribution < 1.29 is 17.9 Å². The number of amides is 1. The van der Waals surface area contributed by atoms with Gasteiger partial charge in [0.15, 0.2) is 0 Å². The smallest absolute Gasteiger partial charge is 0.243 e. The number of anilines is 3. The predicted molar refractivity (Wildman–Crippen MR) is 153 cm³/mol. The first kappa shape index (κ1) is 27.5. The van der Waals surface area contributed by atoms with Gasteiger partial charge in [0.05, 0.1) is 12.8 Å². The van der Waals surface area contributed by atoms with Gasteiger partial charge in [0.1, 0.15) is 10.6 Å². The molecule has 1 fully saturated rings. The maximum atomic E-state index is 13.7. The molecule has 0 radical (unpaired) electrons. The Balaban J connectivity index is 1.59. The Labute approximate surface area is 225 Å². The summed E-state index contributed by atoms with van der Waals surface area (Å²) in [6.45, 7) is 8.21. The van der Waals surface area contributed by atoms with E-state index in [0.717, 1.165) is 30.1 Å². The van der Waals surface area contributed by atoms with E-state index in [1.54, 1.807) is 39.2 Å². The topological polar surface area (TPSA) is 91.0 Å². The highest BCUT2D eigenvalue weighted by atomic mass is 32.2. The zero-order chi connectivity index (χ0) is 27.3. The molecular formula is C29H36N4O4S. The molecule has 0 saturated carbocycles. The summed E-state index contributed by atoms with van der Waals surface area (Å²) in [7, 11) is -2.26. The second-order valence-corrected chi connectivity index (χ2v) is 11.4. The van der Waals surface area contributed by atoms with Crippen LogP contribution in [0.5, 0.6) is 5.75 Å². The van der Waals surface area contributed by atoms with Crippen LogP contribution in [0.1, 0.15) is 32.4 Å². The lowest BCUT2D eigenvalue weighted by molar-refractivity contribution is -0.118. The van der Waals surface area contributed by atoms with Crippen molar-refractivity contribution in [3.63, 3.8) is 0 Å². The summed E-state index contributed by atoms with van der Waals surface area (Å²) in [4.78, 5) is 16.9. The summed E-state index contributed by atoms with van der Waals surface area (Å²) in [5.74, 6) is 0.418. The van der Waals surface area contributed by atoms with Crippen molar-refractivity contribution in [3.8, 4) is 5.75 Å². The van der Waals surface area contributed by atoms with E-state index < -0.39 is 16.1 Å². The number of piperazine rings is 1. The first-order chi connectivity index (χ1) is 18.2. The zero-order valence-electron chi connectivity index (χ0n) is 22.3. The minimum atomic E-state index is -3.91. The Kier molecular flexibility index (Phi) is 8.58. The second kappa shape index (κ2) is 11.9. The summed E-state index contributed by atoms with van der Waals surface area (Å²) < 4.78 is 35.5. The van der Waals surface area contributed by atoms with Crippen LogP contribution in [0.25, 0.3) is 0 Å². The van der Waals surface area contributed by atoms with Gasteiger partial charge in [-0.3, -0.25) is 4.79 Å². The molecule has 38 heavy (non-hydrogen) atoms. The van der Waals surface area contributed by atoms with E-state index in [-0.39, 0.29) is 16.7 Å². The van der Waals surface area contributed by atoms with Crippen LogP contribution in [0.3, 0.4) is 0 Å². The van der Waals surface area contributed by atoms with Gasteiger partial charge in [0.25, 0.3) is 0 Å². The Bertz CT molecular complexity index is 1340. The zero-order valence-corrected chi connectivity index (χ0v) is 23.2. The third-order valence-corrected chi connectivity index (χ3v) is 8.30. The van der Waals surface area contributed by atoms with Crippen molar-refractivity contribution >= 4 is 33.0 Å². The van der Waals surface area contributed by atoms with Gasteiger partial charge in [-0.05, 0) is 55.0 Å². The number of nitrogens with one attached hydrogen (secondary N) is 2. The van der Waals surface area contributed by atoms with Gasteiger partial charge < -0.3 is 19.9 Å². The maximum absolute atomic E-state index is 13.7. The molecule has 1 atom stereocenters. The molecule has 2 N–H and O–H groups in total. The maximum Gasteiger partial charge on any atom is 0.243 e. The van der Waals surface area contributed by atoms with Crippen LogP contribution in [-0.4, -0.2) is 47.6 Å². The number of hydrogen-bond acceptors (Lipinski definition) is 6. The summed E-state index contributed by atoms with van der Waals surface area (Å²) in [5, 5.41) is 2.84. The number of rotatable bonds is 9. The lowest BCUT2D eigenvalue weighted by atomic mass is 10.1. The molecule has 9 heteroatoms. The van der Waals surface area contributed by atoms with Crippen LogP contribution in [0.2, 0.25) is 0 Å². The summed E-state index contributed by atoms with van der Waals surface area (Å²) in [6.07, 6.45) is 0. The van der Waals surface area contributed by atoms with Gasteiger partial charge in [-0.2, -0.15) is 0 Å². The van der Waals surface area contributed by atoms with Crippen molar-refractivity contribution in [1.29, 1.82) is 0 Å². The summed E-state index contributed by atoms with van der Waals surface area (Å²) in [6, 6.07) is 22.1. The first-order valence-corrected chi connectivity index (χ1v) is 14.3. The Morgan fingerprint density at radius 1 is 0.868 bits per heavy atom. The molecule has 4 rings (SSSR count). The Morgan fingerprint density at radius 2 is 1.50 bits per heavy atom. The molecule has 202 valence electrons. The van der Waals surface area contributed by atoms with Crippen molar-refractivity contribution in [2.45, 2.75) is 31.7 Å². The molecule has 1 amide bonds. The van der Waals surface area contributed by atoms with Crippen molar-refractivity contribution in [3.05, 3.63) is 78.4 Å². The third-order valence-electron chi connectivity index (χ3n) is 6.73. The molecule has 0 spiro atoms. The van der Waals surface area contributed by atoms with Gasteiger partial charge in [-0.15, -0.1) is 0 Å². The van der Waals surface area contributed by atoms with E-state index in [1.165, 1.54) is 0 Å². The van der Waals surface area contributed by atoms with Crippen molar-refractivity contribution in [1.82, 2.24) is 4.72 Å². The minimum Gasteiger partial charge on any atom is -0.497 e. The van der Waals surface area contributed by atoms with Gasteiger partial charge >= 0.3 is 0 Å². The predicted octanol–water partition coefficient (Wildman–Crippen LogP) is 4.66. The summed E-state index contributed by atoms with van der Waals surface area (Å²) >= 11 is 0. The molecule has 0 aromatic heterocycles. The van der Waals surface area contributed by atoms with Crippen LogP contribution in [0.15, 0.2) is 77.7 Å². The average molecular weight is 537 g/mol. The number of carbonyl (C=O) groups is 1. The minimum absolute atomic E-state index is 0.153. The fourth-order valence-electron chi connectivity index (χ4n) is 4.46.